The molecule has 3 aromatic carbocycles. The molecule has 5 rings (SSSR count). The van der Waals surface area contributed by atoms with Gasteiger partial charge in [-0.05, 0) is 57.5 Å². The zero-order valence-corrected chi connectivity index (χ0v) is 29.7. The van der Waals surface area contributed by atoms with Crippen LogP contribution in [0.3, 0.4) is 0 Å². The number of aldehydes is 1. The van der Waals surface area contributed by atoms with Gasteiger partial charge in [-0.2, -0.15) is 0 Å². The molecule has 1 saturated heterocycles. The minimum Gasteiger partial charge on any atom is -0.496 e. The van der Waals surface area contributed by atoms with E-state index in [1.54, 1.807) is 62.2 Å². The molecule has 4 aromatic rings. The summed E-state index contributed by atoms with van der Waals surface area (Å²) in [5.41, 5.74) is 2.40. The lowest BCUT2D eigenvalue weighted by molar-refractivity contribution is -0.119. The predicted octanol–water partition coefficient (Wildman–Crippen LogP) is 8.45. The van der Waals surface area contributed by atoms with E-state index >= 15 is 4.39 Å². The van der Waals surface area contributed by atoms with Gasteiger partial charge >= 0.3 is 6.09 Å². The highest BCUT2D eigenvalue weighted by Gasteiger charge is 2.29. The summed E-state index contributed by atoms with van der Waals surface area (Å²) < 4.78 is 31.9. The fourth-order valence-corrected chi connectivity index (χ4v) is 6.21. The molecule has 0 saturated carbocycles. The molecule has 0 radical (unpaired) electrons. The molecule has 1 aliphatic rings. The Bertz CT molecular complexity index is 1930. The Morgan fingerprint density at radius 3 is 2.46 bits per heavy atom. The van der Waals surface area contributed by atoms with E-state index in [4.69, 9.17) is 37.4 Å². The molecule has 13 heteroatoms. The maximum atomic E-state index is 15.1. The second-order valence-corrected chi connectivity index (χ2v) is 13.4. The van der Waals surface area contributed by atoms with E-state index in [-0.39, 0.29) is 47.1 Å². The number of rotatable bonds is 11. The number of aromatic nitrogens is 1. The molecule has 2 amide bonds. The molecule has 2 N–H and O–H groups in total. The zero-order valence-electron chi connectivity index (χ0n) is 28.2. The molecule has 0 bridgehead atoms. The summed E-state index contributed by atoms with van der Waals surface area (Å²) in [5.74, 6) is -0.138. The van der Waals surface area contributed by atoms with Crippen molar-refractivity contribution in [3.63, 3.8) is 0 Å². The molecule has 1 aromatic heterocycles. The van der Waals surface area contributed by atoms with Crippen LogP contribution in [-0.2, 0) is 16.1 Å². The Labute approximate surface area is 299 Å². The number of carbonyl (C=O) groups is 3. The van der Waals surface area contributed by atoms with Crippen molar-refractivity contribution in [1.82, 2.24) is 15.2 Å². The van der Waals surface area contributed by atoms with Crippen molar-refractivity contribution < 1.29 is 33.0 Å². The molecular formula is C37H37Cl2FN4O6. The Kier molecular flexibility index (Phi) is 11.2. The first-order chi connectivity index (χ1) is 23.8. The third kappa shape index (κ3) is 8.11. The molecule has 2 heterocycles. The van der Waals surface area contributed by atoms with Crippen LogP contribution in [-0.4, -0.2) is 60.6 Å². The number of carbonyl (C=O) groups excluding carboxylic acids is 3. The van der Waals surface area contributed by atoms with Gasteiger partial charge in [0.15, 0.2) is 12.1 Å². The predicted molar refractivity (Wildman–Crippen MR) is 191 cm³/mol. The summed E-state index contributed by atoms with van der Waals surface area (Å²) >= 11 is 13.9. The normalized spacial score (nSPS) is 14.2. The van der Waals surface area contributed by atoms with E-state index in [9.17, 15) is 14.4 Å². The summed E-state index contributed by atoms with van der Waals surface area (Å²) in [7, 11) is 2.93. The first kappa shape index (κ1) is 36.4. The van der Waals surface area contributed by atoms with Gasteiger partial charge in [-0.1, -0.05) is 47.5 Å². The number of pyridine rings is 1. The highest BCUT2D eigenvalue weighted by atomic mass is 35.5. The molecule has 1 aliphatic heterocycles. The number of hydrogen-bond acceptors (Lipinski definition) is 8. The Morgan fingerprint density at radius 2 is 1.80 bits per heavy atom. The van der Waals surface area contributed by atoms with Gasteiger partial charge in [0, 0.05) is 47.5 Å². The summed E-state index contributed by atoms with van der Waals surface area (Å²) in [4.78, 5) is 42.6. The van der Waals surface area contributed by atoms with Crippen molar-refractivity contribution >= 4 is 52.9 Å². The van der Waals surface area contributed by atoms with Gasteiger partial charge in [0.25, 0.3) is 0 Å². The van der Waals surface area contributed by atoms with Crippen LogP contribution in [0, 0.1) is 5.82 Å². The van der Waals surface area contributed by atoms with Crippen molar-refractivity contribution in [2.24, 2.45) is 0 Å². The van der Waals surface area contributed by atoms with Crippen LogP contribution < -0.4 is 20.1 Å². The smallest absolute Gasteiger partial charge is 0.410 e. The third-order valence-corrected chi connectivity index (χ3v) is 8.81. The number of halogens is 3. The summed E-state index contributed by atoms with van der Waals surface area (Å²) in [6.07, 6.45) is 2.55. The van der Waals surface area contributed by atoms with Crippen LogP contribution >= 0.6 is 23.2 Å². The number of hydrogen-bond donors (Lipinski definition) is 2. The number of anilines is 2. The van der Waals surface area contributed by atoms with Crippen molar-refractivity contribution in [2.75, 3.05) is 26.1 Å². The Balaban J connectivity index is 1.46. The number of methoxy groups -OCH3 is 2. The zero-order chi connectivity index (χ0) is 36.2. The van der Waals surface area contributed by atoms with Crippen molar-refractivity contribution in [1.29, 1.82) is 0 Å². The van der Waals surface area contributed by atoms with Crippen molar-refractivity contribution in [2.45, 2.75) is 51.8 Å². The highest BCUT2D eigenvalue weighted by molar-refractivity contribution is 6.39. The largest absolute Gasteiger partial charge is 0.496 e. The number of nitrogens with zero attached hydrogens (tertiary/aromatic N) is 2. The average molecular weight is 724 g/mol. The van der Waals surface area contributed by atoms with Gasteiger partial charge < -0.3 is 29.7 Å². The minimum atomic E-state index is -0.776. The maximum absolute atomic E-state index is 15.1. The minimum absolute atomic E-state index is 0.0388. The monoisotopic (exact) mass is 722 g/mol. The van der Waals surface area contributed by atoms with E-state index in [1.807, 2.05) is 12.1 Å². The summed E-state index contributed by atoms with van der Waals surface area (Å²) in [6, 6.07) is 15.0. The van der Waals surface area contributed by atoms with Gasteiger partial charge in [-0.15, -0.1) is 0 Å². The van der Waals surface area contributed by atoms with Gasteiger partial charge in [-0.25, -0.2) is 9.18 Å². The Morgan fingerprint density at radius 1 is 1.06 bits per heavy atom. The first-order valence-corrected chi connectivity index (χ1v) is 16.6. The average Bonchev–Trinajstić information content (AvgIpc) is 3.50. The lowest BCUT2D eigenvalue weighted by Crippen LogP contribution is -2.43. The van der Waals surface area contributed by atoms with E-state index < -0.39 is 17.5 Å². The van der Waals surface area contributed by atoms with E-state index in [2.05, 4.69) is 15.6 Å². The number of ether oxygens (including phenoxy) is 3. The lowest BCUT2D eigenvalue weighted by Gasteiger charge is -2.29. The van der Waals surface area contributed by atoms with Gasteiger partial charge in [0.05, 0.1) is 47.8 Å². The second-order valence-electron chi connectivity index (χ2n) is 12.7. The lowest BCUT2D eigenvalue weighted by atomic mass is 10.0. The molecule has 1 atom stereocenters. The van der Waals surface area contributed by atoms with E-state index in [0.29, 0.717) is 63.5 Å². The number of benzene rings is 3. The van der Waals surface area contributed by atoms with Crippen LogP contribution in [0.15, 0.2) is 60.8 Å². The van der Waals surface area contributed by atoms with Crippen molar-refractivity contribution in [3.8, 4) is 33.9 Å². The first-order valence-electron chi connectivity index (χ1n) is 15.8. The highest BCUT2D eigenvalue weighted by Crippen LogP contribution is 2.43. The molecule has 0 spiro atoms. The molecule has 0 unspecified atom stereocenters. The SMILES string of the molecule is COc1cc(-c2nccc(-c3cccc(Nc4c(OC)ccc(C=O)c4F)c3Cl)c2Cl)ccc1CN(C[C@@H]1CCC(=O)N1)C(=O)OC(C)(C)C. The van der Waals surface area contributed by atoms with Gasteiger partial charge in [0.2, 0.25) is 5.91 Å². The summed E-state index contributed by atoms with van der Waals surface area (Å²) in [6.45, 7) is 5.84. The van der Waals surface area contributed by atoms with Gasteiger partial charge in [0.1, 0.15) is 22.8 Å². The quantitative estimate of drug-likeness (QED) is 0.148. The van der Waals surface area contributed by atoms with E-state index in [1.165, 1.54) is 26.4 Å². The topological polar surface area (TPSA) is 119 Å². The fraction of sp³-hybridized carbons (Fsp3) is 0.297. The number of nitrogens with one attached hydrogen (secondary N) is 2. The van der Waals surface area contributed by atoms with Crippen molar-refractivity contribution in [3.05, 3.63) is 87.8 Å². The van der Waals surface area contributed by atoms with Crippen LogP contribution in [0.25, 0.3) is 22.4 Å². The molecule has 10 nitrogen and oxygen atoms in total. The van der Waals surface area contributed by atoms with Gasteiger partial charge in [-0.3, -0.25) is 14.6 Å². The third-order valence-electron chi connectivity index (χ3n) is 8.02. The Hall–Kier alpha value is -4.87. The number of amides is 2. The molecular weight excluding hydrogens is 686 g/mol. The molecule has 50 heavy (non-hydrogen) atoms. The second kappa shape index (κ2) is 15.3. The maximum Gasteiger partial charge on any atom is 0.410 e. The van der Waals surface area contributed by atoms with Crippen LogP contribution in [0.2, 0.25) is 10.0 Å². The van der Waals surface area contributed by atoms with Crippen LogP contribution in [0.5, 0.6) is 11.5 Å². The summed E-state index contributed by atoms with van der Waals surface area (Å²) in [5, 5.41) is 6.44. The molecule has 1 fully saturated rings. The van der Waals surface area contributed by atoms with E-state index in [0.717, 1.165) is 0 Å². The molecule has 262 valence electrons. The standard InChI is InChI=1S/C37H37Cl2FN4O6/c1-37(2,3)50-36(47)44(19-24-12-14-30(46)42-24)18-22-10-9-21(17-29(22)49-5)34-32(39)26(15-16-41-34)25-7-6-8-27(31(25)38)43-35-28(48-4)13-11-23(20-45)33(35)40/h6-11,13,15-17,20,24,43H,12,14,18-19H2,1-5H3,(H,42,46)/t24-/m0/s1. The fourth-order valence-electron chi connectivity index (χ4n) is 5.61. The molecule has 0 aliphatic carbocycles. The van der Waals surface area contributed by atoms with Crippen LogP contribution in [0.4, 0.5) is 20.6 Å². The van der Waals surface area contributed by atoms with Crippen LogP contribution in [0.1, 0.15) is 49.5 Å².